The van der Waals surface area contributed by atoms with Crippen LogP contribution in [-0.2, 0) is 41.6 Å². The maximum Gasteiger partial charge on any atom is 0.271 e. The second kappa shape index (κ2) is 12.3. The zero-order chi connectivity index (χ0) is 30.8. The average molecular weight is 631 g/mol. The highest BCUT2D eigenvalue weighted by Gasteiger charge is 2.35. The van der Waals surface area contributed by atoms with Gasteiger partial charge in [-0.15, -0.1) is 0 Å². The van der Waals surface area contributed by atoms with Gasteiger partial charge in [0.2, 0.25) is 5.88 Å². The molecular formula is C27H36F2N2O7S2Si. The number of nitrogens with zero attached hydrogens (tertiary/aromatic N) is 2. The number of hydrogen-bond acceptors (Lipinski definition) is 8. The first-order valence-corrected chi connectivity index (χ1v) is 19.8. The lowest BCUT2D eigenvalue weighted by molar-refractivity contribution is 0.0179. The summed E-state index contributed by atoms with van der Waals surface area (Å²) < 4.78 is 98.0. The molecule has 0 spiro atoms. The van der Waals surface area contributed by atoms with Gasteiger partial charge in [-0.1, -0.05) is 55.1 Å². The van der Waals surface area contributed by atoms with Crippen LogP contribution in [0.2, 0.25) is 25.7 Å². The smallest absolute Gasteiger partial charge is 0.271 e. The van der Waals surface area contributed by atoms with Gasteiger partial charge in [0, 0.05) is 38.3 Å². The van der Waals surface area contributed by atoms with E-state index < -0.39 is 46.3 Å². The van der Waals surface area contributed by atoms with E-state index in [2.05, 4.69) is 24.8 Å². The molecule has 2 aromatic carbocycles. The fraction of sp³-hybridized carbons (Fsp3) is 0.444. The van der Waals surface area contributed by atoms with Crippen LogP contribution in [0.25, 0.3) is 11.1 Å². The van der Waals surface area contributed by atoms with Gasteiger partial charge in [0.15, 0.2) is 0 Å². The molecule has 1 heterocycles. The number of ether oxygens (including phenoxy) is 1. The highest BCUT2D eigenvalue weighted by atomic mass is 32.2. The minimum atomic E-state index is -4.42. The molecule has 0 aliphatic carbocycles. The summed E-state index contributed by atoms with van der Waals surface area (Å²) in [6.07, 6.45) is 0.857. The van der Waals surface area contributed by atoms with Crippen molar-refractivity contribution in [2.75, 3.05) is 23.9 Å². The van der Waals surface area contributed by atoms with Crippen LogP contribution in [0.5, 0.6) is 0 Å². The minimum absolute atomic E-state index is 0.0281. The van der Waals surface area contributed by atoms with Gasteiger partial charge in [-0.05, 0) is 43.2 Å². The molecule has 0 atom stereocenters. The monoisotopic (exact) mass is 630 g/mol. The van der Waals surface area contributed by atoms with Gasteiger partial charge in [0.1, 0.15) is 6.73 Å². The van der Waals surface area contributed by atoms with Crippen LogP contribution >= 0.6 is 0 Å². The summed E-state index contributed by atoms with van der Waals surface area (Å²) in [6.45, 7) is 10.1. The molecule has 0 amide bonds. The van der Waals surface area contributed by atoms with Gasteiger partial charge in [-0.3, -0.25) is 4.18 Å². The van der Waals surface area contributed by atoms with Crippen molar-refractivity contribution in [3.05, 3.63) is 64.8 Å². The molecule has 0 aliphatic heterocycles. The fourth-order valence-electron chi connectivity index (χ4n) is 3.89. The Morgan fingerprint density at radius 3 is 2.24 bits per heavy atom. The predicted octanol–water partition coefficient (Wildman–Crippen LogP) is 6.05. The van der Waals surface area contributed by atoms with Gasteiger partial charge >= 0.3 is 0 Å². The van der Waals surface area contributed by atoms with Crippen LogP contribution in [0, 0.1) is 13.8 Å². The normalized spacial score (nSPS) is 13.0. The van der Waals surface area contributed by atoms with Crippen molar-refractivity contribution in [1.29, 1.82) is 0 Å². The largest absolute Gasteiger partial charge is 0.360 e. The van der Waals surface area contributed by atoms with Crippen molar-refractivity contribution in [3.63, 3.8) is 0 Å². The molecule has 14 heteroatoms. The van der Waals surface area contributed by atoms with E-state index in [1.807, 2.05) is 0 Å². The number of alkyl halides is 2. The van der Waals surface area contributed by atoms with Crippen molar-refractivity contribution in [1.82, 2.24) is 5.16 Å². The van der Waals surface area contributed by atoms with Gasteiger partial charge in [0.05, 0.1) is 23.5 Å². The Kier molecular flexibility index (Phi) is 9.85. The minimum Gasteiger partial charge on any atom is -0.360 e. The summed E-state index contributed by atoms with van der Waals surface area (Å²) >= 11 is 0. The summed E-state index contributed by atoms with van der Waals surface area (Å²) in [5.41, 5.74) is 0.678. The first-order valence-electron chi connectivity index (χ1n) is 12.8. The number of aromatic nitrogens is 1. The summed E-state index contributed by atoms with van der Waals surface area (Å²) in [5.74, 6) is -3.43. The standard InChI is InChI=1S/C27H36F2N2O7S2Si/c1-19-20(2)30-38-26(19)31(18-36-14-15-41(5,6)7)40(34,35)25-11-9-8-10-23(25)22-13-12-21(17-37-39(4,32)33)16-24(22)27(3,28)29/h8-13,16H,14-15,17-18H2,1-7H3. The average Bonchev–Trinajstić information content (AvgIpc) is 3.18. The van der Waals surface area contributed by atoms with Gasteiger partial charge in [-0.2, -0.15) is 8.42 Å². The van der Waals surface area contributed by atoms with E-state index in [0.29, 0.717) is 24.8 Å². The molecule has 0 bridgehead atoms. The third-order valence-corrected chi connectivity index (χ3v) is 10.3. The Morgan fingerprint density at radius 1 is 1.02 bits per heavy atom. The highest BCUT2D eigenvalue weighted by molar-refractivity contribution is 7.93. The van der Waals surface area contributed by atoms with Crippen LogP contribution < -0.4 is 4.31 Å². The zero-order valence-electron chi connectivity index (χ0n) is 24.2. The summed E-state index contributed by atoms with van der Waals surface area (Å²) in [6, 6.07) is 10.5. The van der Waals surface area contributed by atoms with E-state index in [4.69, 9.17) is 13.4 Å². The molecule has 226 valence electrons. The highest BCUT2D eigenvalue weighted by Crippen LogP contribution is 2.40. The summed E-state index contributed by atoms with van der Waals surface area (Å²) in [4.78, 5) is -0.243. The number of benzene rings is 2. The molecule has 0 saturated heterocycles. The summed E-state index contributed by atoms with van der Waals surface area (Å²) in [7, 11) is -9.70. The topological polar surface area (TPSA) is 116 Å². The van der Waals surface area contributed by atoms with Gasteiger partial charge in [0.25, 0.3) is 26.1 Å². The molecule has 41 heavy (non-hydrogen) atoms. The third-order valence-electron chi connectivity index (χ3n) is 6.31. The van der Waals surface area contributed by atoms with Crippen molar-refractivity contribution >= 4 is 34.1 Å². The Morgan fingerprint density at radius 2 is 1.68 bits per heavy atom. The lowest BCUT2D eigenvalue weighted by Gasteiger charge is -2.25. The molecule has 0 N–H and O–H groups in total. The zero-order valence-corrected chi connectivity index (χ0v) is 26.8. The maximum absolute atomic E-state index is 14.9. The Balaban J connectivity index is 2.13. The Bertz CT molecular complexity index is 1600. The molecule has 0 radical (unpaired) electrons. The molecule has 0 aliphatic rings. The molecule has 9 nitrogen and oxygen atoms in total. The number of halogens is 2. The quantitative estimate of drug-likeness (QED) is 0.0970. The lowest BCUT2D eigenvalue weighted by atomic mass is 9.94. The van der Waals surface area contributed by atoms with E-state index in [1.165, 1.54) is 30.3 Å². The van der Waals surface area contributed by atoms with Crippen LogP contribution in [0.3, 0.4) is 0 Å². The van der Waals surface area contributed by atoms with E-state index in [-0.39, 0.29) is 34.2 Å². The van der Waals surface area contributed by atoms with E-state index in [1.54, 1.807) is 19.9 Å². The first-order chi connectivity index (χ1) is 18.8. The van der Waals surface area contributed by atoms with Crippen LogP contribution in [0.4, 0.5) is 14.7 Å². The third kappa shape index (κ3) is 8.44. The first kappa shape index (κ1) is 32.9. The SMILES string of the molecule is Cc1noc(N(COCC[Si](C)(C)C)S(=O)(=O)c2ccccc2-c2ccc(COS(C)(=O)=O)cc2C(C)(F)F)c1C. The van der Waals surface area contributed by atoms with Gasteiger partial charge in [-0.25, -0.2) is 21.5 Å². The Labute approximate surface area is 241 Å². The maximum atomic E-state index is 14.9. The number of aryl methyl sites for hydroxylation is 1. The lowest BCUT2D eigenvalue weighted by Crippen LogP contribution is -2.34. The molecule has 3 aromatic rings. The van der Waals surface area contributed by atoms with Crippen molar-refractivity contribution in [2.45, 2.75) is 63.9 Å². The van der Waals surface area contributed by atoms with Crippen molar-refractivity contribution in [2.24, 2.45) is 0 Å². The second-order valence-corrected chi connectivity index (χ2v) is 20.2. The number of sulfonamides is 1. The van der Waals surface area contributed by atoms with E-state index >= 15 is 0 Å². The van der Waals surface area contributed by atoms with E-state index in [9.17, 15) is 25.6 Å². The van der Waals surface area contributed by atoms with Crippen LogP contribution in [-0.4, -0.2) is 49.7 Å². The number of anilines is 1. The van der Waals surface area contributed by atoms with Crippen LogP contribution in [0.1, 0.15) is 29.3 Å². The Hall–Kier alpha value is -2.65. The predicted molar refractivity (Wildman–Crippen MR) is 156 cm³/mol. The van der Waals surface area contributed by atoms with Crippen molar-refractivity contribution in [3.8, 4) is 11.1 Å². The van der Waals surface area contributed by atoms with E-state index in [0.717, 1.165) is 22.7 Å². The molecular weight excluding hydrogens is 595 g/mol. The second-order valence-electron chi connectivity index (χ2n) is 11.1. The molecule has 3 rings (SSSR count). The molecule has 0 fully saturated rings. The summed E-state index contributed by atoms with van der Waals surface area (Å²) in [5, 5.41) is 3.90. The van der Waals surface area contributed by atoms with Crippen molar-refractivity contribution < 1.29 is 39.1 Å². The number of hydrogen-bond donors (Lipinski definition) is 0. The molecule has 0 unspecified atom stereocenters. The fourth-order valence-corrected chi connectivity index (χ4v) is 6.54. The molecule has 0 saturated carbocycles. The molecule has 1 aromatic heterocycles. The van der Waals surface area contributed by atoms with Gasteiger partial charge < -0.3 is 9.26 Å². The number of rotatable bonds is 13. The van der Waals surface area contributed by atoms with Crippen LogP contribution in [0.15, 0.2) is 51.9 Å².